The molecule has 1 saturated heterocycles. The highest BCUT2D eigenvalue weighted by Gasteiger charge is 2.28. The third-order valence-corrected chi connectivity index (χ3v) is 4.16. The van der Waals surface area contributed by atoms with E-state index in [1.807, 2.05) is 12.1 Å². The van der Waals surface area contributed by atoms with E-state index in [2.05, 4.69) is 28.2 Å². The Morgan fingerprint density at radius 2 is 2.00 bits per heavy atom. The van der Waals surface area contributed by atoms with Crippen LogP contribution in [0.3, 0.4) is 0 Å². The zero-order valence-corrected chi connectivity index (χ0v) is 14.2. The molecule has 0 bridgehead atoms. The molecule has 0 saturated carbocycles. The van der Waals surface area contributed by atoms with Crippen LogP contribution in [0.5, 0.6) is 11.5 Å². The average Bonchev–Trinajstić information content (AvgIpc) is 2.53. The molecular formula is C15H22BrNO4. The summed E-state index contributed by atoms with van der Waals surface area (Å²) < 4.78 is 23.1. The largest absolute Gasteiger partial charge is 0.493 e. The Labute approximate surface area is 134 Å². The van der Waals surface area contributed by atoms with Gasteiger partial charge in [0.15, 0.2) is 11.5 Å². The molecule has 1 aromatic carbocycles. The van der Waals surface area contributed by atoms with E-state index < -0.39 is 0 Å². The van der Waals surface area contributed by atoms with E-state index in [-0.39, 0.29) is 12.1 Å². The van der Waals surface area contributed by atoms with Crippen LogP contribution < -0.4 is 14.8 Å². The fraction of sp³-hybridized carbons (Fsp3) is 0.600. The number of nitrogens with one attached hydrogen (secondary N) is 1. The Bertz CT molecular complexity index is 463. The lowest BCUT2D eigenvalue weighted by atomic mass is 10.0. The lowest BCUT2D eigenvalue weighted by Crippen LogP contribution is -2.40. The molecule has 5 nitrogen and oxygen atoms in total. The quantitative estimate of drug-likeness (QED) is 0.845. The van der Waals surface area contributed by atoms with Crippen LogP contribution in [0.25, 0.3) is 0 Å². The number of methoxy groups -OCH3 is 2. The van der Waals surface area contributed by atoms with Gasteiger partial charge < -0.3 is 24.3 Å². The number of hydrogen-bond acceptors (Lipinski definition) is 5. The van der Waals surface area contributed by atoms with Gasteiger partial charge in [-0.05, 0) is 24.2 Å². The van der Waals surface area contributed by atoms with E-state index >= 15 is 0 Å². The normalized spacial score (nSPS) is 20.1. The predicted molar refractivity (Wildman–Crippen MR) is 84.2 cm³/mol. The van der Waals surface area contributed by atoms with Crippen molar-refractivity contribution in [3.8, 4) is 11.5 Å². The van der Waals surface area contributed by atoms with Gasteiger partial charge in [0, 0.05) is 4.47 Å². The molecule has 1 aliphatic heterocycles. The maximum absolute atomic E-state index is 5.85. The lowest BCUT2D eigenvalue weighted by molar-refractivity contribution is -0.102. The molecule has 1 heterocycles. The summed E-state index contributed by atoms with van der Waals surface area (Å²) in [6, 6.07) is 3.93. The van der Waals surface area contributed by atoms with Crippen molar-refractivity contribution >= 4 is 15.9 Å². The SMILES string of the molecule is CCNC(c1cc(OC)c(OC)cc1Br)C1COCCO1. The first kappa shape index (κ1) is 16.5. The second-order valence-electron chi connectivity index (χ2n) is 4.75. The van der Waals surface area contributed by atoms with E-state index in [1.165, 1.54) is 0 Å². The van der Waals surface area contributed by atoms with E-state index in [1.54, 1.807) is 14.2 Å². The van der Waals surface area contributed by atoms with Crippen molar-refractivity contribution in [3.63, 3.8) is 0 Å². The third-order valence-electron chi connectivity index (χ3n) is 3.48. The van der Waals surface area contributed by atoms with Gasteiger partial charge in [-0.3, -0.25) is 0 Å². The summed E-state index contributed by atoms with van der Waals surface area (Å²) in [7, 11) is 3.27. The topological polar surface area (TPSA) is 49.0 Å². The van der Waals surface area contributed by atoms with Crippen LogP contribution in [0.2, 0.25) is 0 Å². The summed E-state index contributed by atoms with van der Waals surface area (Å²) in [4.78, 5) is 0. The molecule has 1 aliphatic rings. The molecule has 2 atom stereocenters. The number of halogens is 1. The highest BCUT2D eigenvalue weighted by Crippen LogP contribution is 2.37. The van der Waals surface area contributed by atoms with E-state index in [9.17, 15) is 0 Å². The number of likely N-dealkylation sites (N-methyl/N-ethyl adjacent to an activating group) is 1. The first-order valence-electron chi connectivity index (χ1n) is 7.05. The smallest absolute Gasteiger partial charge is 0.161 e. The highest BCUT2D eigenvalue weighted by atomic mass is 79.9. The summed E-state index contributed by atoms with van der Waals surface area (Å²) >= 11 is 3.62. The van der Waals surface area contributed by atoms with Crippen LogP contribution in [0.4, 0.5) is 0 Å². The number of rotatable bonds is 6. The van der Waals surface area contributed by atoms with Crippen molar-refractivity contribution in [2.24, 2.45) is 0 Å². The maximum atomic E-state index is 5.85. The molecule has 0 aliphatic carbocycles. The van der Waals surface area contributed by atoms with Gasteiger partial charge in [0.05, 0.1) is 40.1 Å². The molecule has 0 aromatic heterocycles. The summed E-state index contributed by atoms with van der Waals surface area (Å²) in [6.07, 6.45) is -0.0203. The predicted octanol–water partition coefficient (Wildman–Crippen LogP) is 2.53. The summed E-state index contributed by atoms with van der Waals surface area (Å²) in [5, 5.41) is 3.47. The van der Waals surface area contributed by atoms with Crippen LogP contribution in [0, 0.1) is 0 Å². The standard InChI is InChI=1S/C15H22BrNO4/c1-4-17-15(14-9-20-5-6-21-14)10-7-12(18-2)13(19-3)8-11(10)16/h7-8,14-15,17H,4-6,9H2,1-3H3. The molecule has 6 heteroatoms. The van der Waals surface area contributed by atoms with Crippen LogP contribution in [-0.4, -0.2) is 46.7 Å². The second-order valence-corrected chi connectivity index (χ2v) is 5.60. The van der Waals surface area contributed by atoms with Crippen LogP contribution in [0.1, 0.15) is 18.5 Å². The van der Waals surface area contributed by atoms with Crippen molar-refractivity contribution in [1.82, 2.24) is 5.32 Å². The van der Waals surface area contributed by atoms with Crippen molar-refractivity contribution in [2.45, 2.75) is 19.1 Å². The van der Waals surface area contributed by atoms with Crippen LogP contribution in [0.15, 0.2) is 16.6 Å². The first-order valence-corrected chi connectivity index (χ1v) is 7.84. The minimum absolute atomic E-state index is 0.0203. The lowest BCUT2D eigenvalue weighted by Gasteiger charge is -2.32. The molecule has 0 radical (unpaired) electrons. The average molecular weight is 360 g/mol. The number of hydrogen-bond donors (Lipinski definition) is 1. The molecule has 1 fully saturated rings. The monoisotopic (exact) mass is 359 g/mol. The highest BCUT2D eigenvalue weighted by molar-refractivity contribution is 9.10. The van der Waals surface area contributed by atoms with Crippen LogP contribution >= 0.6 is 15.9 Å². The number of benzene rings is 1. The van der Waals surface area contributed by atoms with Gasteiger partial charge in [0.25, 0.3) is 0 Å². The fourth-order valence-corrected chi connectivity index (χ4v) is 3.04. The van der Waals surface area contributed by atoms with Crippen molar-refractivity contribution in [1.29, 1.82) is 0 Å². The van der Waals surface area contributed by atoms with Gasteiger partial charge in [-0.15, -0.1) is 0 Å². The Morgan fingerprint density at radius 1 is 1.29 bits per heavy atom. The van der Waals surface area contributed by atoms with E-state index in [0.717, 1.165) is 16.6 Å². The van der Waals surface area contributed by atoms with Crippen molar-refractivity contribution in [2.75, 3.05) is 40.6 Å². The summed E-state index contributed by atoms with van der Waals surface area (Å²) in [5.74, 6) is 1.40. The van der Waals surface area contributed by atoms with Gasteiger partial charge in [0.2, 0.25) is 0 Å². The summed E-state index contributed by atoms with van der Waals surface area (Å²) in [6.45, 7) is 4.77. The molecule has 0 spiro atoms. The Balaban J connectivity index is 2.34. The zero-order chi connectivity index (χ0) is 15.2. The van der Waals surface area contributed by atoms with Crippen LogP contribution in [-0.2, 0) is 9.47 Å². The molecular weight excluding hydrogens is 338 g/mol. The van der Waals surface area contributed by atoms with E-state index in [0.29, 0.717) is 31.3 Å². The fourth-order valence-electron chi connectivity index (χ4n) is 2.47. The Morgan fingerprint density at radius 3 is 2.57 bits per heavy atom. The molecule has 0 amide bonds. The van der Waals surface area contributed by atoms with Gasteiger partial charge in [-0.1, -0.05) is 22.9 Å². The van der Waals surface area contributed by atoms with E-state index in [4.69, 9.17) is 18.9 Å². The molecule has 2 unspecified atom stereocenters. The molecule has 1 aromatic rings. The molecule has 2 rings (SSSR count). The Kier molecular flexibility index (Phi) is 6.29. The minimum atomic E-state index is -0.0203. The van der Waals surface area contributed by atoms with Gasteiger partial charge in [-0.2, -0.15) is 0 Å². The van der Waals surface area contributed by atoms with Crippen molar-refractivity contribution < 1.29 is 18.9 Å². The first-order chi connectivity index (χ1) is 10.2. The third kappa shape index (κ3) is 3.88. The maximum Gasteiger partial charge on any atom is 0.161 e. The summed E-state index contributed by atoms with van der Waals surface area (Å²) in [5.41, 5.74) is 1.07. The minimum Gasteiger partial charge on any atom is -0.493 e. The molecule has 118 valence electrons. The second kappa shape index (κ2) is 7.98. The van der Waals surface area contributed by atoms with Gasteiger partial charge >= 0.3 is 0 Å². The number of ether oxygens (including phenoxy) is 4. The zero-order valence-electron chi connectivity index (χ0n) is 12.6. The molecule has 1 N–H and O–H groups in total. The van der Waals surface area contributed by atoms with Crippen molar-refractivity contribution in [3.05, 3.63) is 22.2 Å². The Hall–Kier alpha value is -0.820. The molecule has 21 heavy (non-hydrogen) atoms. The van der Waals surface area contributed by atoms with Gasteiger partial charge in [-0.25, -0.2) is 0 Å². The van der Waals surface area contributed by atoms with Gasteiger partial charge in [0.1, 0.15) is 6.10 Å².